The minimum absolute atomic E-state index is 0.00574. The van der Waals surface area contributed by atoms with E-state index in [1.54, 1.807) is 0 Å². The molecule has 0 radical (unpaired) electrons. The van der Waals surface area contributed by atoms with Gasteiger partial charge < -0.3 is 4.74 Å². The van der Waals surface area contributed by atoms with E-state index in [9.17, 15) is 4.79 Å². The lowest BCUT2D eigenvalue weighted by Gasteiger charge is -2.19. The zero-order valence-corrected chi connectivity index (χ0v) is 6.62. The van der Waals surface area contributed by atoms with E-state index in [2.05, 4.69) is 19.1 Å². The zero-order chi connectivity index (χ0) is 7.84. The molecular weight excluding hydrogens is 140 g/mol. The fourth-order valence-corrected chi connectivity index (χ4v) is 1.85. The van der Waals surface area contributed by atoms with Gasteiger partial charge in [-0.15, -0.1) is 0 Å². The molecule has 1 aliphatic carbocycles. The highest BCUT2D eigenvalue weighted by atomic mass is 16.5. The molecule has 2 nitrogen and oxygen atoms in total. The summed E-state index contributed by atoms with van der Waals surface area (Å²) in [6.07, 6.45) is 5.28. The summed E-state index contributed by atoms with van der Waals surface area (Å²) in [5, 5.41) is 0. The lowest BCUT2D eigenvalue weighted by Crippen LogP contribution is -2.20. The van der Waals surface area contributed by atoms with E-state index < -0.39 is 0 Å². The van der Waals surface area contributed by atoms with Gasteiger partial charge in [0.2, 0.25) is 0 Å². The molecule has 0 spiro atoms. The molecule has 2 aliphatic rings. The standard InChI is InChI=1S/C9H12O2/c1-6-2-3-7-5-11-9(10)8(7)4-6/h2-3,6-8H,4-5H2,1H3/t6-,7-,8+/m1/s1. The molecule has 2 heteroatoms. The number of carbonyl (C=O) groups is 1. The molecule has 0 saturated carbocycles. The molecule has 0 N–H and O–H groups in total. The van der Waals surface area contributed by atoms with Gasteiger partial charge >= 0.3 is 5.97 Å². The van der Waals surface area contributed by atoms with Crippen molar-refractivity contribution in [1.82, 2.24) is 0 Å². The number of fused-ring (bicyclic) bond motifs is 1. The number of carbonyl (C=O) groups excluding carboxylic acids is 1. The Hall–Kier alpha value is -0.790. The van der Waals surface area contributed by atoms with Crippen molar-refractivity contribution in [2.75, 3.05) is 6.61 Å². The van der Waals surface area contributed by atoms with Gasteiger partial charge in [-0.1, -0.05) is 19.1 Å². The van der Waals surface area contributed by atoms with Gasteiger partial charge in [-0.3, -0.25) is 4.79 Å². The number of rotatable bonds is 0. The highest BCUT2D eigenvalue weighted by Crippen LogP contribution is 2.33. The molecule has 1 heterocycles. The van der Waals surface area contributed by atoms with Crippen LogP contribution in [0.5, 0.6) is 0 Å². The molecule has 1 fully saturated rings. The maximum Gasteiger partial charge on any atom is 0.309 e. The largest absolute Gasteiger partial charge is 0.465 e. The van der Waals surface area contributed by atoms with Crippen LogP contribution in [0, 0.1) is 17.8 Å². The van der Waals surface area contributed by atoms with E-state index in [1.807, 2.05) is 0 Å². The normalized spacial score (nSPS) is 41.9. The Morgan fingerprint density at radius 1 is 1.55 bits per heavy atom. The van der Waals surface area contributed by atoms with Crippen LogP contribution in [0.2, 0.25) is 0 Å². The second-order valence-electron chi connectivity index (χ2n) is 3.50. The van der Waals surface area contributed by atoms with Crippen molar-refractivity contribution >= 4 is 5.97 Å². The number of hydrogen-bond donors (Lipinski definition) is 0. The summed E-state index contributed by atoms with van der Waals surface area (Å²) in [5.41, 5.74) is 0. The molecule has 0 unspecified atom stereocenters. The van der Waals surface area contributed by atoms with E-state index in [0.717, 1.165) is 6.42 Å². The van der Waals surface area contributed by atoms with Gasteiger partial charge in [0.25, 0.3) is 0 Å². The van der Waals surface area contributed by atoms with Crippen molar-refractivity contribution in [2.24, 2.45) is 17.8 Å². The predicted octanol–water partition coefficient (Wildman–Crippen LogP) is 1.37. The molecule has 60 valence electrons. The minimum atomic E-state index is 0.00574. The average molecular weight is 152 g/mol. The topological polar surface area (TPSA) is 26.3 Å². The molecule has 0 aromatic carbocycles. The fraction of sp³-hybridized carbons (Fsp3) is 0.667. The summed E-state index contributed by atoms with van der Waals surface area (Å²) < 4.78 is 4.96. The Morgan fingerprint density at radius 3 is 3.18 bits per heavy atom. The van der Waals surface area contributed by atoms with Crippen LogP contribution in [0.25, 0.3) is 0 Å². The molecule has 11 heavy (non-hydrogen) atoms. The fourth-order valence-electron chi connectivity index (χ4n) is 1.85. The summed E-state index contributed by atoms with van der Waals surface area (Å²) in [6.45, 7) is 2.74. The first-order valence-electron chi connectivity index (χ1n) is 4.12. The van der Waals surface area contributed by atoms with Crippen LogP contribution < -0.4 is 0 Å². The Balaban J connectivity index is 2.18. The molecule has 1 aliphatic heterocycles. The van der Waals surface area contributed by atoms with Crippen LogP contribution in [0.1, 0.15) is 13.3 Å². The van der Waals surface area contributed by atoms with Crippen molar-refractivity contribution in [1.29, 1.82) is 0 Å². The molecular formula is C9H12O2. The second kappa shape index (κ2) is 2.36. The highest BCUT2D eigenvalue weighted by Gasteiger charge is 2.37. The molecule has 2 rings (SSSR count). The van der Waals surface area contributed by atoms with Gasteiger partial charge in [-0.25, -0.2) is 0 Å². The number of ether oxygens (including phenoxy) is 1. The molecule has 1 saturated heterocycles. The predicted molar refractivity (Wildman–Crippen MR) is 40.9 cm³/mol. The van der Waals surface area contributed by atoms with Crippen LogP contribution in [0.15, 0.2) is 12.2 Å². The summed E-state index contributed by atoms with van der Waals surface area (Å²) in [5.74, 6) is 1.08. The van der Waals surface area contributed by atoms with Crippen LogP contribution in [0.4, 0.5) is 0 Å². The first-order chi connectivity index (χ1) is 5.27. The SMILES string of the molecule is C[C@@H]1C=C[C@@H]2COC(=O)[C@H]2C1. The number of hydrogen-bond acceptors (Lipinski definition) is 2. The van der Waals surface area contributed by atoms with Crippen LogP contribution in [0.3, 0.4) is 0 Å². The van der Waals surface area contributed by atoms with E-state index in [-0.39, 0.29) is 11.9 Å². The number of cyclic esters (lactones) is 1. The number of esters is 1. The van der Waals surface area contributed by atoms with Crippen LogP contribution in [-0.2, 0) is 9.53 Å². The van der Waals surface area contributed by atoms with Gasteiger partial charge in [0, 0.05) is 5.92 Å². The van der Waals surface area contributed by atoms with Crippen molar-refractivity contribution in [3.8, 4) is 0 Å². The van der Waals surface area contributed by atoms with Gasteiger partial charge in [0.15, 0.2) is 0 Å². The van der Waals surface area contributed by atoms with Crippen molar-refractivity contribution < 1.29 is 9.53 Å². The highest BCUT2D eigenvalue weighted by molar-refractivity contribution is 5.75. The maximum atomic E-state index is 11.1. The lowest BCUT2D eigenvalue weighted by atomic mass is 9.82. The van der Waals surface area contributed by atoms with Gasteiger partial charge in [0.05, 0.1) is 12.5 Å². The third-order valence-electron chi connectivity index (χ3n) is 2.55. The Kier molecular flexibility index (Phi) is 1.48. The third-order valence-corrected chi connectivity index (χ3v) is 2.55. The first-order valence-corrected chi connectivity index (χ1v) is 4.12. The van der Waals surface area contributed by atoms with Gasteiger partial charge in [-0.05, 0) is 12.3 Å². The summed E-state index contributed by atoms with van der Waals surface area (Å²) >= 11 is 0. The maximum absolute atomic E-state index is 11.1. The van der Waals surface area contributed by atoms with Crippen LogP contribution in [-0.4, -0.2) is 12.6 Å². The summed E-state index contributed by atoms with van der Waals surface area (Å²) in [7, 11) is 0. The summed E-state index contributed by atoms with van der Waals surface area (Å²) in [6, 6.07) is 0. The van der Waals surface area contributed by atoms with E-state index >= 15 is 0 Å². The third kappa shape index (κ3) is 1.06. The molecule has 0 aromatic rings. The Labute approximate surface area is 66.2 Å². The molecule has 3 atom stereocenters. The monoisotopic (exact) mass is 152 g/mol. The molecule has 0 aromatic heterocycles. The Bertz CT molecular complexity index is 208. The first kappa shape index (κ1) is 6.89. The summed E-state index contributed by atoms with van der Waals surface area (Å²) in [4.78, 5) is 11.1. The Morgan fingerprint density at radius 2 is 2.36 bits per heavy atom. The van der Waals surface area contributed by atoms with E-state index in [0.29, 0.717) is 18.4 Å². The van der Waals surface area contributed by atoms with Crippen LogP contribution >= 0.6 is 0 Å². The van der Waals surface area contributed by atoms with Crippen molar-refractivity contribution in [3.05, 3.63) is 12.2 Å². The average Bonchev–Trinajstić information content (AvgIpc) is 2.33. The lowest BCUT2D eigenvalue weighted by molar-refractivity contribution is -0.141. The quantitative estimate of drug-likeness (QED) is 0.387. The minimum Gasteiger partial charge on any atom is -0.465 e. The van der Waals surface area contributed by atoms with E-state index in [4.69, 9.17) is 4.74 Å². The zero-order valence-electron chi connectivity index (χ0n) is 6.62. The van der Waals surface area contributed by atoms with Gasteiger partial charge in [-0.2, -0.15) is 0 Å². The van der Waals surface area contributed by atoms with Crippen molar-refractivity contribution in [3.63, 3.8) is 0 Å². The smallest absolute Gasteiger partial charge is 0.309 e. The molecule has 0 amide bonds. The van der Waals surface area contributed by atoms with Gasteiger partial charge in [0.1, 0.15) is 0 Å². The van der Waals surface area contributed by atoms with E-state index in [1.165, 1.54) is 0 Å². The van der Waals surface area contributed by atoms with Crippen molar-refractivity contribution in [2.45, 2.75) is 13.3 Å². The molecule has 0 bridgehead atoms. The second-order valence-corrected chi connectivity index (χ2v) is 3.50. The number of allylic oxidation sites excluding steroid dienone is 1.